The quantitative estimate of drug-likeness (QED) is 0.829. The Morgan fingerprint density at radius 1 is 1.60 bits per heavy atom. The summed E-state index contributed by atoms with van der Waals surface area (Å²) in [6.07, 6.45) is 5.83. The third kappa shape index (κ3) is 4.03. The molecule has 0 saturated carbocycles. The van der Waals surface area contributed by atoms with Gasteiger partial charge in [0.25, 0.3) is 0 Å². The van der Waals surface area contributed by atoms with E-state index in [0.29, 0.717) is 18.5 Å². The van der Waals surface area contributed by atoms with Gasteiger partial charge < -0.3 is 5.32 Å². The standard InChI is InChI=1S/C12H13BrFN/c1-3-4-9(2)15-8-10-5-6-11(13)7-12(10)14/h1,5-7,9,15H,4,8H2,2H3. The Labute approximate surface area is 98.2 Å². The molecule has 1 nitrogen and oxygen atoms in total. The van der Waals surface area contributed by atoms with E-state index in [0.717, 1.165) is 4.47 Å². The monoisotopic (exact) mass is 269 g/mol. The van der Waals surface area contributed by atoms with Crippen molar-refractivity contribution in [3.63, 3.8) is 0 Å². The summed E-state index contributed by atoms with van der Waals surface area (Å²) in [6.45, 7) is 2.48. The SMILES string of the molecule is C#CCC(C)NCc1ccc(Br)cc1F. The number of nitrogens with one attached hydrogen (secondary N) is 1. The highest BCUT2D eigenvalue weighted by Gasteiger charge is 2.04. The molecule has 1 aromatic carbocycles. The largest absolute Gasteiger partial charge is 0.309 e. The van der Waals surface area contributed by atoms with Crippen LogP contribution in [0.2, 0.25) is 0 Å². The second kappa shape index (κ2) is 5.89. The van der Waals surface area contributed by atoms with Crippen LogP contribution in [-0.4, -0.2) is 6.04 Å². The first kappa shape index (κ1) is 12.2. The van der Waals surface area contributed by atoms with Crippen LogP contribution in [0, 0.1) is 18.2 Å². The summed E-state index contributed by atoms with van der Waals surface area (Å²) < 4.78 is 14.1. The molecule has 0 spiro atoms. The van der Waals surface area contributed by atoms with Gasteiger partial charge in [0.05, 0.1) is 0 Å². The molecule has 0 saturated heterocycles. The van der Waals surface area contributed by atoms with E-state index < -0.39 is 0 Å². The molecule has 15 heavy (non-hydrogen) atoms. The number of hydrogen-bond donors (Lipinski definition) is 1. The number of terminal acetylenes is 1. The second-order valence-corrected chi connectivity index (χ2v) is 4.34. The fourth-order valence-corrected chi connectivity index (χ4v) is 1.53. The molecule has 1 aromatic rings. The zero-order valence-corrected chi connectivity index (χ0v) is 10.1. The van der Waals surface area contributed by atoms with E-state index in [1.807, 2.05) is 13.0 Å². The van der Waals surface area contributed by atoms with Gasteiger partial charge in [-0.3, -0.25) is 0 Å². The Morgan fingerprint density at radius 3 is 2.93 bits per heavy atom. The minimum atomic E-state index is -0.204. The normalized spacial score (nSPS) is 12.1. The number of rotatable bonds is 4. The Kier molecular flexibility index (Phi) is 4.80. The van der Waals surface area contributed by atoms with Gasteiger partial charge >= 0.3 is 0 Å². The molecule has 0 amide bonds. The predicted octanol–water partition coefficient (Wildman–Crippen LogP) is 3.09. The van der Waals surface area contributed by atoms with Gasteiger partial charge in [0.1, 0.15) is 5.82 Å². The predicted molar refractivity (Wildman–Crippen MR) is 63.9 cm³/mol. The Hall–Kier alpha value is -0.850. The smallest absolute Gasteiger partial charge is 0.128 e. The van der Waals surface area contributed by atoms with E-state index in [2.05, 4.69) is 27.2 Å². The highest BCUT2D eigenvalue weighted by Crippen LogP contribution is 2.15. The summed E-state index contributed by atoms with van der Waals surface area (Å²) in [5.74, 6) is 2.36. The zero-order chi connectivity index (χ0) is 11.3. The summed E-state index contributed by atoms with van der Waals surface area (Å²) in [5.41, 5.74) is 0.655. The third-order valence-corrected chi connectivity index (χ3v) is 2.57. The fourth-order valence-electron chi connectivity index (χ4n) is 1.20. The Bertz CT molecular complexity index is 370. The summed E-state index contributed by atoms with van der Waals surface area (Å²) >= 11 is 3.21. The first-order chi connectivity index (χ1) is 7.13. The van der Waals surface area contributed by atoms with E-state index >= 15 is 0 Å². The maximum Gasteiger partial charge on any atom is 0.128 e. The molecule has 0 fully saturated rings. The second-order valence-electron chi connectivity index (χ2n) is 3.43. The molecular formula is C12H13BrFN. The van der Waals surface area contributed by atoms with Crippen LogP contribution in [0.25, 0.3) is 0 Å². The van der Waals surface area contributed by atoms with Crippen molar-refractivity contribution < 1.29 is 4.39 Å². The van der Waals surface area contributed by atoms with Gasteiger partial charge in [-0.1, -0.05) is 22.0 Å². The van der Waals surface area contributed by atoms with Gasteiger partial charge in [-0.15, -0.1) is 12.3 Å². The first-order valence-electron chi connectivity index (χ1n) is 4.74. The molecule has 1 N–H and O–H groups in total. The number of hydrogen-bond acceptors (Lipinski definition) is 1. The number of halogens is 2. The molecule has 0 aliphatic heterocycles. The lowest BCUT2D eigenvalue weighted by Gasteiger charge is -2.11. The average Bonchev–Trinajstić information content (AvgIpc) is 2.17. The van der Waals surface area contributed by atoms with Crippen LogP contribution in [0.5, 0.6) is 0 Å². The molecule has 1 unspecified atom stereocenters. The summed E-state index contributed by atoms with van der Waals surface area (Å²) in [7, 11) is 0. The first-order valence-corrected chi connectivity index (χ1v) is 5.53. The summed E-state index contributed by atoms with van der Waals surface area (Å²) in [6, 6.07) is 5.25. The molecule has 0 radical (unpaired) electrons. The van der Waals surface area contributed by atoms with Crippen molar-refractivity contribution in [3.8, 4) is 12.3 Å². The fraction of sp³-hybridized carbons (Fsp3) is 0.333. The lowest BCUT2D eigenvalue weighted by molar-refractivity contribution is 0.535. The van der Waals surface area contributed by atoms with Gasteiger partial charge in [0.15, 0.2) is 0 Å². The highest BCUT2D eigenvalue weighted by atomic mass is 79.9. The van der Waals surface area contributed by atoms with Crippen LogP contribution in [-0.2, 0) is 6.54 Å². The zero-order valence-electron chi connectivity index (χ0n) is 8.56. The summed E-state index contributed by atoms with van der Waals surface area (Å²) in [4.78, 5) is 0. The van der Waals surface area contributed by atoms with Crippen LogP contribution < -0.4 is 5.32 Å². The van der Waals surface area contributed by atoms with Crippen molar-refractivity contribution in [1.82, 2.24) is 5.32 Å². The molecule has 0 aliphatic carbocycles. The van der Waals surface area contributed by atoms with Gasteiger partial charge in [0.2, 0.25) is 0 Å². The Morgan fingerprint density at radius 2 is 2.33 bits per heavy atom. The van der Waals surface area contributed by atoms with Crippen molar-refractivity contribution in [2.75, 3.05) is 0 Å². The molecule has 0 aromatic heterocycles. The number of benzene rings is 1. The van der Waals surface area contributed by atoms with Crippen LogP contribution in [0.4, 0.5) is 4.39 Å². The van der Waals surface area contributed by atoms with E-state index in [1.54, 1.807) is 6.07 Å². The van der Waals surface area contributed by atoms with E-state index in [9.17, 15) is 4.39 Å². The van der Waals surface area contributed by atoms with Crippen LogP contribution in [0.3, 0.4) is 0 Å². The minimum absolute atomic E-state index is 0.204. The van der Waals surface area contributed by atoms with Crippen molar-refractivity contribution in [2.45, 2.75) is 25.9 Å². The topological polar surface area (TPSA) is 12.0 Å². The van der Waals surface area contributed by atoms with Crippen molar-refractivity contribution in [2.24, 2.45) is 0 Å². The van der Waals surface area contributed by atoms with E-state index in [-0.39, 0.29) is 11.9 Å². The summed E-state index contributed by atoms with van der Waals surface area (Å²) in [5, 5.41) is 3.16. The maximum atomic E-state index is 13.4. The molecule has 80 valence electrons. The molecular weight excluding hydrogens is 257 g/mol. The van der Waals surface area contributed by atoms with Gasteiger partial charge in [-0.05, 0) is 19.1 Å². The van der Waals surface area contributed by atoms with Crippen molar-refractivity contribution in [3.05, 3.63) is 34.1 Å². The van der Waals surface area contributed by atoms with Crippen LogP contribution in [0.15, 0.2) is 22.7 Å². The van der Waals surface area contributed by atoms with E-state index in [4.69, 9.17) is 6.42 Å². The average molecular weight is 270 g/mol. The van der Waals surface area contributed by atoms with Gasteiger partial charge in [-0.25, -0.2) is 4.39 Å². The van der Waals surface area contributed by atoms with Gasteiger partial charge in [-0.2, -0.15) is 0 Å². The van der Waals surface area contributed by atoms with Crippen LogP contribution in [0.1, 0.15) is 18.9 Å². The molecule has 1 rings (SSSR count). The lowest BCUT2D eigenvalue weighted by atomic mass is 10.2. The minimum Gasteiger partial charge on any atom is -0.309 e. The third-order valence-electron chi connectivity index (χ3n) is 2.08. The molecule has 0 bridgehead atoms. The van der Waals surface area contributed by atoms with Crippen molar-refractivity contribution >= 4 is 15.9 Å². The van der Waals surface area contributed by atoms with Crippen molar-refractivity contribution in [1.29, 1.82) is 0 Å². The van der Waals surface area contributed by atoms with Gasteiger partial charge in [0, 0.05) is 29.0 Å². The maximum absolute atomic E-state index is 13.4. The van der Waals surface area contributed by atoms with E-state index in [1.165, 1.54) is 6.07 Å². The van der Waals surface area contributed by atoms with Crippen LogP contribution >= 0.6 is 15.9 Å². The lowest BCUT2D eigenvalue weighted by Crippen LogP contribution is -2.25. The molecule has 0 heterocycles. The highest BCUT2D eigenvalue weighted by molar-refractivity contribution is 9.10. The molecule has 1 atom stereocenters. The molecule has 0 aliphatic rings. The Balaban J connectivity index is 2.55. The molecule has 3 heteroatoms.